The number of hydrogen-bond acceptors (Lipinski definition) is 4. The molecule has 0 spiro atoms. The van der Waals surface area contributed by atoms with Crippen LogP contribution in [-0.4, -0.2) is 36.7 Å². The van der Waals surface area contributed by atoms with Crippen molar-refractivity contribution in [2.45, 2.75) is 19.8 Å². The summed E-state index contributed by atoms with van der Waals surface area (Å²) >= 11 is 0. The summed E-state index contributed by atoms with van der Waals surface area (Å²) in [5.41, 5.74) is 7.28. The maximum Gasteiger partial charge on any atom is 0.277 e. The van der Waals surface area contributed by atoms with Gasteiger partial charge in [0.25, 0.3) is 23.6 Å². The average molecular weight is 424 g/mol. The number of carbonyl (C=O) groups excluding carboxylic acids is 3. The summed E-state index contributed by atoms with van der Waals surface area (Å²) in [5, 5.41) is 2.09. The number of imide groups is 1. The molecule has 0 bridgehead atoms. The SMILES string of the molecule is Cc1ccc(C)c(N2C(=O)c3ccc(C(=O)NCC(F)(F)CN)cc3C2=O)c1.Cl. The van der Waals surface area contributed by atoms with E-state index in [9.17, 15) is 23.2 Å². The molecule has 3 rings (SSSR count). The summed E-state index contributed by atoms with van der Waals surface area (Å²) < 4.78 is 26.5. The molecular formula is C20H20ClF2N3O3. The molecule has 0 atom stereocenters. The van der Waals surface area contributed by atoms with E-state index in [0.717, 1.165) is 16.0 Å². The lowest BCUT2D eigenvalue weighted by molar-refractivity contribution is 0.0118. The Bertz CT molecular complexity index is 995. The van der Waals surface area contributed by atoms with Crippen LogP contribution in [0.2, 0.25) is 0 Å². The van der Waals surface area contributed by atoms with Gasteiger partial charge in [-0.15, -0.1) is 12.4 Å². The van der Waals surface area contributed by atoms with Gasteiger partial charge in [-0.25, -0.2) is 13.7 Å². The number of alkyl halides is 2. The number of fused-ring (bicyclic) bond motifs is 1. The lowest BCUT2D eigenvalue weighted by Crippen LogP contribution is -2.41. The van der Waals surface area contributed by atoms with E-state index in [4.69, 9.17) is 5.73 Å². The Morgan fingerprint density at radius 1 is 1.07 bits per heavy atom. The van der Waals surface area contributed by atoms with E-state index in [0.29, 0.717) is 5.69 Å². The molecule has 1 heterocycles. The maximum atomic E-state index is 13.2. The van der Waals surface area contributed by atoms with E-state index in [1.165, 1.54) is 18.2 Å². The Kier molecular flexibility index (Phi) is 6.40. The van der Waals surface area contributed by atoms with E-state index < -0.39 is 36.7 Å². The van der Waals surface area contributed by atoms with Gasteiger partial charge in [-0.1, -0.05) is 12.1 Å². The number of benzene rings is 2. The fourth-order valence-corrected chi connectivity index (χ4v) is 2.95. The highest BCUT2D eigenvalue weighted by molar-refractivity contribution is 6.35. The Labute approximate surface area is 172 Å². The highest BCUT2D eigenvalue weighted by Crippen LogP contribution is 2.31. The van der Waals surface area contributed by atoms with Crippen molar-refractivity contribution >= 4 is 35.8 Å². The van der Waals surface area contributed by atoms with Crippen LogP contribution in [0.4, 0.5) is 14.5 Å². The third kappa shape index (κ3) is 4.28. The molecule has 0 aliphatic carbocycles. The Morgan fingerprint density at radius 2 is 1.72 bits per heavy atom. The van der Waals surface area contributed by atoms with Gasteiger partial charge in [0.15, 0.2) is 0 Å². The van der Waals surface area contributed by atoms with E-state index in [-0.39, 0.29) is 29.1 Å². The van der Waals surface area contributed by atoms with Crippen molar-refractivity contribution in [1.29, 1.82) is 0 Å². The highest BCUT2D eigenvalue weighted by atomic mass is 35.5. The zero-order valence-electron chi connectivity index (χ0n) is 15.8. The molecule has 154 valence electrons. The standard InChI is InChI=1S/C20H19F2N3O3.ClH/c1-11-3-4-12(2)16(7-11)25-18(27)14-6-5-13(8-15(14)19(25)28)17(26)24-10-20(21,22)9-23;/h3-8H,9-10,23H2,1-2H3,(H,24,26);1H. The first-order valence-corrected chi connectivity index (χ1v) is 8.61. The number of halogens is 3. The quantitative estimate of drug-likeness (QED) is 0.723. The molecule has 0 radical (unpaired) electrons. The molecule has 1 aliphatic heterocycles. The molecule has 9 heteroatoms. The minimum absolute atomic E-state index is 0. The number of nitrogens with two attached hydrogens (primary N) is 1. The second-order valence-electron chi connectivity index (χ2n) is 6.74. The number of amides is 3. The first kappa shape index (κ1) is 22.4. The topological polar surface area (TPSA) is 92.5 Å². The van der Waals surface area contributed by atoms with Crippen LogP contribution >= 0.6 is 12.4 Å². The normalized spacial score (nSPS) is 13.2. The van der Waals surface area contributed by atoms with Crippen LogP contribution < -0.4 is 16.0 Å². The number of rotatable bonds is 5. The summed E-state index contributed by atoms with van der Waals surface area (Å²) in [4.78, 5) is 38.8. The maximum absolute atomic E-state index is 13.2. The minimum Gasteiger partial charge on any atom is -0.346 e. The molecule has 6 nitrogen and oxygen atoms in total. The summed E-state index contributed by atoms with van der Waals surface area (Å²) in [7, 11) is 0. The van der Waals surface area contributed by atoms with Gasteiger partial charge >= 0.3 is 0 Å². The molecule has 3 amide bonds. The molecule has 2 aromatic rings. The predicted octanol–water partition coefficient (Wildman–Crippen LogP) is 2.85. The fourth-order valence-electron chi connectivity index (χ4n) is 2.95. The van der Waals surface area contributed by atoms with Crippen LogP contribution in [0.1, 0.15) is 42.2 Å². The van der Waals surface area contributed by atoms with Crippen molar-refractivity contribution in [1.82, 2.24) is 5.32 Å². The largest absolute Gasteiger partial charge is 0.346 e. The van der Waals surface area contributed by atoms with Crippen molar-refractivity contribution < 1.29 is 23.2 Å². The Morgan fingerprint density at radius 3 is 2.38 bits per heavy atom. The summed E-state index contributed by atoms with van der Waals surface area (Å²) in [6.07, 6.45) is 0. The summed E-state index contributed by atoms with van der Waals surface area (Å²) in [5.74, 6) is -5.05. The molecule has 0 saturated carbocycles. The van der Waals surface area contributed by atoms with Crippen LogP contribution in [-0.2, 0) is 0 Å². The second kappa shape index (κ2) is 8.26. The monoisotopic (exact) mass is 423 g/mol. The van der Waals surface area contributed by atoms with Crippen LogP contribution in [0, 0.1) is 13.8 Å². The molecule has 29 heavy (non-hydrogen) atoms. The average Bonchev–Trinajstić information content (AvgIpc) is 2.92. The van der Waals surface area contributed by atoms with Crippen molar-refractivity contribution in [3.8, 4) is 0 Å². The van der Waals surface area contributed by atoms with Gasteiger partial charge < -0.3 is 11.1 Å². The van der Waals surface area contributed by atoms with Gasteiger partial charge in [0.1, 0.15) is 0 Å². The molecule has 0 fully saturated rings. The van der Waals surface area contributed by atoms with Crippen LogP contribution in [0.3, 0.4) is 0 Å². The second-order valence-corrected chi connectivity index (χ2v) is 6.74. The molecule has 0 aromatic heterocycles. The number of aryl methyl sites for hydroxylation is 2. The first-order chi connectivity index (χ1) is 13.1. The van der Waals surface area contributed by atoms with Crippen molar-refractivity contribution in [3.63, 3.8) is 0 Å². The Hall–Kier alpha value is -2.84. The number of carbonyl (C=O) groups is 3. The van der Waals surface area contributed by atoms with E-state index in [1.54, 1.807) is 13.0 Å². The summed E-state index contributed by atoms with van der Waals surface area (Å²) in [6.45, 7) is 1.83. The number of hydrogen-bond donors (Lipinski definition) is 2. The first-order valence-electron chi connectivity index (χ1n) is 8.61. The van der Waals surface area contributed by atoms with Crippen LogP contribution in [0.25, 0.3) is 0 Å². The van der Waals surface area contributed by atoms with Gasteiger partial charge in [-0.05, 0) is 49.2 Å². The van der Waals surface area contributed by atoms with Crippen LogP contribution in [0.15, 0.2) is 36.4 Å². The number of nitrogens with zero attached hydrogens (tertiary/aromatic N) is 1. The van der Waals surface area contributed by atoms with E-state index in [1.807, 2.05) is 19.1 Å². The highest BCUT2D eigenvalue weighted by Gasteiger charge is 2.38. The van der Waals surface area contributed by atoms with Crippen molar-refractivity contribution in [2.24, 2.45) is 5.73 Å². The minimum atomic E-state index is -3.22. The smallest absolute Gasteiger partial charge is 0.277 e. The molecule has 1 aliphatic rings. The van der Waals surface area contributed by atoms with E-state index >= 15 is 0 Å². The summed E-state index contributed by atoms with van der Waals surface area (Å²) in [6, 6.07) is 9.35. The number of anilines is 1. The fraction of sp³-hybridized carbons (Fsp3) is 0.250. The van der Waals surface area contributed by atoms with E-state index in [2.05, 4.69) is 5.32 Å². The van der Waals surface area contributed by atoms with Crippen molar-refractivity contribution in [3.05, 3.63) is 64.2 Å². The van der Waals surface area contributed by atoms with Crippen molar-refractivity contribution in [2.75, 3.05) is 18.0 Å². The van der Waals surface area contributed by atoms with Gasteiger partial charge in [-0.3, -0.25) is 14.4 Å². The lowest BCUT2D eigenvalue weighted by Gasteiger charge is -2.17. The number of nitrogens with one attached hydrogen (secondary N) is 1. The molecule has 3 N–H and O–H groups in total. The lowest BCUT2D eigenvalue weighted by atomic mass is 10.1. The predicted molar refractivity (Wildman–Crippen MR) is 107 cm³/mol. The zero-order valence-corrected chi connectivity index (χ0v) is 16.6. The van der Waals surface area contributed by atoms with Crippen LogP contribution in [0.5, 0.6) is 0 Å². The molecule has 2 aromatic carbocycles. The third-order valence-corrected chi connectivity index (χ3v) is 4.56. The van der Waals surface area contributed by atoms with Gasteiger partial charge in [0.2, 0.25) is 0 Å². The molecule has 0 unspecified atom stereocenters. The third-order valence-electron chi connectivity index (χ3n) is 4.56. The molecular weight excluding hydrogens is 404 g/mol. The Balaban J connectivity index is 0.00000300. The zero-order chi connectivity index (χ0) is 20.6. The van der Waals surface area contributed by atoms with Gasteiger partial charge in [-0.2, -0.15) is 0 Å². The van der Waals surface area contributed by atoms with Gasteiger partial charge in [0, 0.05) is 5.56 Å². The van der Waals surface area contributed by atoms with Gasteiger partial charge in [0.05, 0.1) is 29.9 Å². The molecule has 0 saturated heterocycles.